The standard InChI is InChI=1S/2C21H24F3N5O.C17H17FN6.C16H18N6/c2*1-12(2)10-13-11-29(9-7-16(13)30)17-6-5-15(21(22,23)24)19(26-17)18-14-4-3-8-25-20(14)28-27-18;1-11(18)12-9-14(16-13-3-2-4-20-17(13)23-22-16)21-15(10-12)24-7-5-19-6-8-24;1-11-9-13(15-12-3-2-4-18-16(12)21-20-15)19-14(10-11)22-7-5-17-6-8-22/h2*3-6,8,12-13,16,30H,7,9-11H2,1-2H3,(H,25,27,28);2-4,9-10,19H,1,5-8H2,(H,20,22,23);2-4,9-10,17H,5-8H2,1H3,(H,18,20,21)/t13-,16+;13-,16-;;/m00../s1. The first-order valence-electron chi connectivity index (χ1n) is 35.5. The number of halogens is 7. The SMILES string of the molecule is C=C(F)c1cc(-c2[nH]nc3ncccc23)nc(N2CCNCC2)c1.CC(C)C[C@H]1CN(c2ccc(C(F)(F)F)c(-c3[nH]nc4ncccc34)n2)CC[C@@H]1O.CC(C)C[C@H]1CN(c2ccc(C(F)(F)F)c(-c3[nH]nc4ncccc34)n2)CC[C@H]1O.Cc1cc(-c2[nH]nc3ncccc23)nc(N2CCNCC2)c1. The molecule has 12 aromatic rings. The summed E-state index contributed by atoms with van der Waals surface area (Å²) in [5, 5.41) is 58.1. The number of anilines is 4. The highest BCUT2D eigenvalue weighted by atomic mass is 19.4. The normalized spacial score (nSPS) is 18.1. The molecule has 554 valence electrons. The number of alkyl halides is 6. The number of hydrogen-bond donors (Lipinski definition) is 8. The smallest absolute Gasteiger partial charge is 0.393 e. The van der Waals surface area contributed by atoms with Crippen LogP contribution < -0.4 is 30.2 Å². The fourth-order valence-corrected chi connectivity index (χ4v) is 14.1. The molecule has 24 nitrogen and oxygen atoms in total. The number of H-pyrrole nitrogens is 4. The van der Waals surface area contributed by atoms with Crippen LogP contribution in [0.4, 0.5) is 54.0 Å². The maximum atomic E-state index is 13.8. The fraction of sp³-hybridized carbons (Fsp3) is 0.387. The molecular formula is C75H83F7N22O2. The van der Waals surface area contributed by atoms with Gasteiger partial charge in [0.2, 0.25) is 0 Å². The summed E-state index contributed by atoms with van der Waals surface area (Å²) < 4.78 is 96.2. The van der Waals surface area contributed by atoms with Crippen molar-refractivity contribution in [3.63, 3.8) is 0 Å². The highest BCUT2D eigenvalue weighted by Gasteiger charge is 2.39. The fourth-order valence-electron chi connectivity index (χ4n) is 14.1. The molecule has 0 amide bonds. The van der Waals surface area contributed by atoms with Crippen molar-refractivity contribution in [2.24, 2.45) is 23.7 Å². The molecule has 4 atom stereocenters. The topological polar surface area (TPSA) is 295 Å². The lowest BCUT2D eigenvalue weighted by Gasteiger charge is -2.38. The van der Waals surface area contributed by atoms with E-state index in [1.165, 1.54) is 30.1 Å². The van der Waals surface area contributed by atoms with Gasteiger partial charge in [0, 0.05) is 142 Å². The van der Waals surface area contributed by atoms with E-state index in [0.29, 0.717) is 101 Å². The number of nitrogens with one attached hydrogen (secondary N) is 6. The number of aromatic nitrogens is 16. The molecule has 0 spiro atoms. The van der Waals surface area contributed by atoms with Crippen molar-refractivity contribution in [3.05, 3.63) is 151 Å². The summed E-state index contributed by atoms with van der Waals surface area (Å²) in [6.45, 7) is 23.5. The number of hydrogen-bond acceptors (Lipinski definition) is 20. The zero-order valence-corrected chi connectivity index (χ0v) is 59.2. The number of nitrogens with zero attached hydrogens (tertiary/aromatic N) is 16. The lowest BCUT2D eigenvalue weighted by Crippen LogP contribution is -2.44. The predicted molar refractivity (Wildman–Crippen MR) is 395 cm³/mol. The highest BCUT2D eigenvalue weighted by molar-refractivity contribution is 5.93. The van der Waals surface area contributed by atoms with E-state index in [1.807, 2.05) is 34.1 Å². The first-order valence-corrected chi connectivity index (χ1v) is 35.5. The van der Waals surface area contributed by atoms with Crippen LogP contribution in [0.3, 0.4) is 0 Å². The van der Waals surface area contributed by atoms with Gasteiger partial charge in [-0.2, -0.15) is 46.7 Å². The van der Waals surface area contributed by atoms with Crippen molar-refractivity contribution in [2.45, 2.75) is 84.9 Å². The maximum Gasteiger partial charge on any atom is 0.418 e. The van der Waals surface area contributed by atoms with Crippen LogP contribution in [0.15, 0.2) is 128 Å². The average molecular weight is 1460 g/mol. The van der Waals surface area contributed by atoms with Gasteiger partial charge in [0.25, 0.3) is 0 Å². The third-order valence-electron chi connectivity index (χ3n) is 19.2. The molecule has 0 saturated carbocycles. The van der Waals surface area contributed by atoms with Gasteiger partial charge in [0.1, 0.15) is 40.5 Å². The van der Waals surface area contributed by atoms with Crippen molar-refractivity contribution < 1.29 is 40.9 Å². The summed E-state index contributed by atoms with van der Waals surface area (Å²) in [7, 11) is 0. The van der Waals surface area contributed by atoms with E-state index >= 15 is 0 Å². The van der Waals surface area contributed by atoms with E-state index in [2.05, 4.69) is 144 Å². The number of aryl methyl sites for hydroxylation is 1. The molecule has 0 aliphatic carbocycles. The molecule has 4 saturated heterocycles. The number of rotatable bonds is 13. The summed E-state index contributed by atoms with van der Waals surface area (Å²) in [4.78, 5) is 43.5. The molecule has 0 radical (unpaired) electrons. The monoisotopic (exact) mass is 1460 g/mol. The highest BCUT2D eigenvalue weighted by Crippen LogP contribution is 2.42. The molecule has 12 aromatic heterocycles. The molecule has 16 rings (SSSR count). The Morgan fingerprint density at radius 3 is 1.22 bits per heavy atom. The molecule has 106 heavy (non-hydrogen) atoms. The van der Waals surface area contributed by atoms with E-state index in [9.17, 15) is 40.9 Å². The van der Waals surface area contributed by atoms with E-state index in [1.54, 1.807) is 48.8 Å². The Morgan fingerprint density at radius 1 is 0.472 bits per heavy atom. The summed E-state index contributed by atoms with van der Waals surface area (Å²) in [6.07, 6.45) is -0.583. The van der Waals surface area contributed by atoms with Gasteiger partial charge in [0.05, 0.1) is 57.5 Å². The van der Waals surface area contributed by atoms with Crippen LogP contribution >= 0.6 is 0 Å². The Bertz CT molecular complexity index is 4840. The first kappa shape index (κ1) is 73.7. The van der Waals surface area contributed by atoms with Gasteiger partial charge in [-0.3, -0.25) is 20.4 Å². The number of fused-ring (bicyclic) bond motifs is 4. The van der Waals surface area contributed by atoms with Crippen molar-refractivity contribution in [3.8, 4) is 45.6 Å². The molecule has 4 fully saturated rings. The largest absolute Gasteiger partial charge is 0.418 e. The molecule has 16 heterocycles. The van der Waals surface area contributed by atoms with E-state index < -0.39 is 41.5 Å². The van der Waals surface area contributed by atoms with Gasteiger partial charge in [0.15, 0.2) is 22.6 Å². The zero-order valence-electron chi connectivity index (χ0n) is 59.2. The molecule has 4 aliphatic heterocycles. The number of pyridine rings is 8. The van der Waals surface area contributed by atoms with Crippen molar-refractivity contribution in [2.75, 3.05) is 98.1 Å². The van der Waals surface area contributed by atoms with Gasteiger partial charge in [-0.05, 0) is 147 Å². The Kier molecular flexibility index (Phi) is 22.2. The van der Waals surface area contributed by atoms with Crippen LogP contribution in [0.5, 0.6) is 0 Å². The van der Waals surface area contributed by atoms with Gasteiger partial charge in [-0.25, -0.2) is 44.3 Å². The van der Waals surface area contributed by atoms with Crippen molar-refractivity contribution >= 4 is 73.2 Å². The van der Waals surface area contributed by atoms with Crippen LogP contribution in [-0.4, -0.2) is 182 Å². The number of aliphatic hydroxyl groups excluding tert-OH is 2. The van der Waals surface area contributed by atoms with Crippen LogP contribution in [0.25, 0.3) is 95.5 Å². The first-order chi connectivity index (χ1) is 51.0. The van der Waals surface area contributed by atoms with E-state index in [4.69, 9.17) is 9.97 Å². The minimum absolute atomic E-state index is 0.0588. The van der Waals surface area contributed by atoms with Gasteiger partial charge in [-0.1, -0.05) is 34.3 Å². The van der Waals surface area contributed by atoms with Crippen LogP contribution in [-0.2, 0) is 12.4 Å². The van der Waals surface area contributed by atoms with E-state index in [-0.39, 0.29) is 34.6 Å². The lowest BCUT2D eigenvalue weighted by molar-refractivity contribution is -0.138. The zero-order chi connectivity index (χ0) is 74.4. The molecule has 0 aromatic carbocycles. The molecule has 0 unspecified atom stereocenters. The van der Waals surface area contributed by atoms with Crippen LogP contribution in [0, 0.1) is 30.6 Å². The number of piperidine rings is 2. The minimum Gasteiger partial charge on any atom is -0.393 e. The summed E-state index contributed by atoms with van der Waals surface area (Å²) in [6, 6.07) is 27.0. The quantitative estimate of drug-likeness (QED) is 0.0498. The Hall–Kier alpha value is -10.6. The van der Waals surface area contributed by atoms with Crippen molar-refractivity contribution in [1.82, 2.24) is 91.3 Å². The Morgan fingerprint density at radius 2 is 0.840 bits per heavy atom. The minimum atomic E-state index is -4.56. The number of aromatic amines is 4. The molecule has 4 aliphatic rings. The van der Waals surface area contributed by atoms with E-state index in [0.717, 1.165) is 122 Å². The molecule has 31 heteroatoms. The van der Waals surface area contributed by atoms with Gasteiger partial charge >= 0.3 is 12.4 Å². The Balaban J connectivity index is 0.000000126. The average Bonchev–Trinajstić information content (AvgIpc) is 1.42. The van der Waals surface area contributed by atoms with Gasteiger partial charge < -0.3 is 40.4 Å². The molecule has 8 N–H and O–H groups in total. The third kappa shape index (κ3) is 16.9. The summed E-state index contributed by atoms with van der Waals surface area (Å²) in [5.74, 6) is 3.19. The second kappa shape index (κ2) is 32.0. The number of aliphatic hydroxyl groups is 2. The lowest BCUT2D eigenvalue weighted by atomic mass is 9.87. The summed E-state index contributed by atoms with van der Waals surface area (Å²) >= 11 is 0. The number of piperazine rings is 2. The van der Waals surface area contributed by atoms with Crippen LogP contribution in [0.2, 0.25) is 0 Å². The molecule has 0 bridgehead atoms. The predicted octanol–water partition coefficient (Wildman–Crippen LogP) is 12.7. The molecular weight excluding hydrogens is 1370 g/mol. The van der Waals surface area contributed by atoms with Crippen molar-refractivity contribution in [1.29, 1.82) is 0 Å². The Labute approximate surface area is 605 Å². The second-order valence-corrected chi connectivity index (χ2v) is 27.8. The van der Waals surface area contributed by atoms with Gasteiger partial charge in [-0.15, -0.1) is 0 Å². The second-order valence-electron chi connectivity index (χ2n) is 27.8. The summed E-state index contributed by atoms with van der Waals surface area (Å²) in [5.41, 5.74) is 5.23. The van der Waals surface area contributed by atoms with Crippen LogP contribution in [0.1, 0.15) is 75.6 Å². The third-order valence-corrected chi connectivity index (χ3v) is 19.2. The maximum absolute atomic E-state index is 13.8.